The van der Waals surface area contributed by atoms with Crippen molar-refractivity contribution in [2.75, 3.05) is 78.0 Å². The number of amides is 2. The molecule has 0 spiro atoms. The van der Waals surface area contributed by atoms with E-state index in [-0.39, 0.29) is 23.7 Å². The van der Waals surface area contributed by atoms with Crippen LogP contribution in [0.15, 0.2) is 95.8 Å². The quantitative estimate of drug-likeness (QED) is 0.141. The van der Waals surface area contributed by atoms with Crippen LogP contribution in [0.1, 0.15) is 73.9 Å². The molecule has 8 rings (SSSR count). The van der Waals surface area contributed by atoms with E-state index in [0.29, 0.717) is 23.5 Å². The number of aromatic nitrogens is 4. The first kappa shape index (κ1) is 46.0. The van der Waals surface area contributed by atoms with Crippen molar-refractivity contribution in [1.29, 1.82) is 0 Å². The van der Waals surface area contributed by atoms with Crippen molar-refractivity contribution in [3.8, 4) is 0 Å². The minimum Gasteiger partial charge on any atom is -0.399 e. The Morgan fingerprint density at radius 2 is 0.906 bits per heavy atom. The van der Waals surface area contributed by atoms with E-state index >= 15 is 0 Å². The van der Waals surface area contributed by atoms with Gasteiger partial charge in [-0.3, -0.25) is 29.4 Å². The molecule has 4 saturated heterocycles. The molecule has 16 nitrogen and oxygen atoms in total. The number of oxime groups is 2. The first-order valence-corrected chi connectivity index (χ1v) is 22.8. The van der Waals surface area contributed by atoms with Crippen molar-refractivity contribution in [2.24, 2.45) is 34.0 Å². The summed E-state index contributed by atoms with van der Waals surface area (Å²) in [7, 11) is 3.13. The topological polar surface area (TPSA) is 194 Å². The lowest BCUT2D eigenvalue weighted by Gasteiger charge is -2.37. The van der Waals surface area contributed by atoms with E-state index in [1.165, 1.54) is 11.1 Å². The number of pyridine rings is 4. The summed E-state index contributed by atoms with van der Waals surface area (Å²) in [5.41, 5.74) is 17.4. The highest BCUT2D eigenvalue weighted by atomic mass is 16.6. The van der Waals surface area contributed by atoms with E-state index in [1.54, 1.807) is 39.0 Å². The largest absolute Gasteiger partial charge is 0.399 e. The SMILES string of the molecule is CO/N=C(/c1ccccn1)C1CCN(C(=O)C2CCN(Cc3ccnc(N)c3)CC2)CC1.CO/N=C(\c1ccccn1)C1CCN(C(=O)C2CCN(Cc3ccnc(N)c3)CC2)CC1. The number of nitrogens with zero attached hydrogens (tertiary/aromatic N) is 10. The molecule has 4 N–H and O–H groups in total. The van der Waals surface area contributed by atoms with E-state index < -0.39 is 0 Å². The van der Waals surface area contributed by atoms with Crippen LogP contribution in [0.4, 0.5) is 11.6 Å². The average molecular weight is 873 g/mol. The Balaban J connectivity index is 0.000000191. The Bertz CT molecular complexity index is 1990. The van der Waals surface area contributed by atoms with Gasteiger partial charge >= 0.3 is 0 Å². The van der Waals surface area contributed by atoms with Gasteiger partial charge in [-0.15, -0.1) is 0 Å². The molecule has 16 heteroatoms. The summed E-state index contributed by atoms with van der Waals surface area (Å²) in [6.07, 6.45) is 14.2. The van der Waals surface area contributed by atoms with Gasteiger partial charge < -0.3 is 30.9 Å². The standard InChI is InChI=1S/2C24H32N6O2/c2*1-32-28-23(21-4-2-3-10-26-21)19-8-14-30(15-9-19)24(31)20-6-12-29(13-7-20)17-18-5-11-27-22(25)16-18/h2*2-5,10-11,16,19-20H,6-9,12-15,17H2,1H3,(H2,25,27)/b28-23+;28-23-. The maximum absolute atomic E-state index is 13.2. The van der Waals surface area contributed by atoms with Crippen molar-refractivity contribution in [2.45, 2.75) is 64.5 Å². The minimum absolute atomic E-state index is 0.119. The maximum Gasteiger partial charge on any atom is 0.225 e. The first-order chi connectivity index (χ1) is 31.3. The van der Waals surface area contributed by atoms with Gasteiger partial charge in [0, 0.05) is 87.7 Å². The zero-order valence-electron chi connectivity index (χ0n) is 37.4. The van der Waals surface area contributed by atoms with E-state index in [0.717, 1.165) is 140 Å². The van der Waals surface area contributed by atoms with Crippen molar-refractivity contribution in [3.63, 3.8) is 0 Å². The Hall–Kier alpha value is -6.00. The molecule has 8 heterocycles. The highest BCUT2D eigenvalue weighted by molar-refractivity contribution is 6.01. The molecular formula is C48H64N12O4. The zero-order valence-corrected chi connectivity index (χ0v) is 37.4. The third kappa shape index (κ3) is 12.6. The van der Waals surface area contributed by atoms with Crippen LogP contribution in [0.25, 0.3) is 0 Å². The lowest BCUT2D eigenvalue weighted by molar-refractivity contribution is -0.139. The number of anilines is 2. The first-order valence-electron chi connectivity index (χ1n) is 22.8. The molecule has 0 bridgehead atoms. The molecule has 64 heavy (non-hydrogen) atoms. The van der Waals surface area contributed by atoms with Crippen LogP contribution in [-0.2, 0) is 32.4 Å². The number of piperidine rings is 4. The van der Waals surface area contributed by atoms with Gasteiger partial charge in [0.1, 0.15) is 37.3 Å². The fraction of sp³-hybridized carbons (Fsp3) is 0.500. The molecule has 4 aliphatic heterocycles. The summed E-state index contributed by atoms with van der Waals surface area (Å²) >= 11 is 0. The summed E-state index contributed by atoms with van der Waals surface area (Å²) in [6, 6.07) is 19.5. The van der Waals surface area contributed by atoms with E-state index in [1.807, 2.05) is 70.5 Å². The Morgan fingerprint density at radius 3 is 1.23 bits per heavy atom. The molecule has 0 unspecified atom stereocenters. The van der Waals surface area contributed by atoms with E-state index in [9.17, 15) is 9.59 Å². The predicted molar refractivity (Wildman–Crippen MR) is 247 cm³/mol. The summed E-state index contributed by atoms with van der Waals surface area (Å²) in [6.45, 7) is 8.47. The van der Waals surface area contributed by atoms with Crippen molar-refractivity contribution < 1.29 is 19.3 Å². The molecule has 4 fully saturated rings. The van der Waals surface area contributed by atoms with Gasteiger partial charge in [-0.25, -0.2) is 9.97 Å². The number of rotatable bonds is 12. The molecule has 0 aliphatic carbocycles. The minimum atomic E-state index is 0.119. The number of hydrogen-bond acceptors (Lipinski definition) is 14. The number of nitrogens with two attached hydrogens (primary N) is 2. The van der Waals surface area contributed by atoms with Crippen LogP contribution in [-0.4, -0.2) is 129 Å². The monoisotopic (exact) mass is 873 g/mol. The lowest BCUT2D eigenvalue weighted by atomic mass is 9.88. The Morgan fingerprint density at radius 1 is 0.531 bits per heavy atom. The third-order valence-corrected chi connectivity index (χ3v) is 13.0. The zero-order chi connectivity index (χ0) is 44.7. The second-order valence-corrected chi connectivity index (χ2v) is 17.2. The summed E-state index contributed by atoms with van der Waals surface area (Å²) in [4.78, 5) is 62.3. The second-order valence-electron chi connectivity index (χ2n) is 17.2. The van der Waals surface area contributed by atoms with Crippen molar-refractivity contribution in [3.05, 3.63) is 108 Å². The smallest absolute Gasteiger partial charge is 0.225 e. The van der Waals surface area contributed by atoms with Crippen LogP contribution in [0.2, 0.25) is 0 Å². The van der Waals surface area contributed by atoms with Gasteiger partial charge in [0.25, 0.3) is 0 Å². The fourth-order valence-corrected chi connectivity index (χ4v) is 9.53. The van der Waals surface area contributed by atoms with E-state index in [4.69, 9.17) is 21.1 Å². The van der Waals surface area contributed by atoms with Gasteiger partial charge in [0.2, 0.25) is 11.8 Å². The molecule has 340 valence electrons. The van der Waals surface area contributed by atoms with Crippen LogP contribution in [0, 0.1) is 23.7 Å². The molecular weight excluding hydrogens is 809 g/mol. The summed E-state index contributed by atoms with van der Waals surface area (Å²) < 4.78 is 0. The fourth-order valence-electron chi connectivity index (χ4n) is 9.53. The van der Waals surface area contributed by atoms with Gasteiger partial charge in [0.05, 0.1) is 11.4 Å². The molecule has 0 aromatic carbocycles. The number of likely N-dealkylation sites (tertiary alicyclic amines) is 4. The molecule has 4 aromatic heterocycles. The number of nitrogen functional groups attached to an aromatic ring is 2. The normalized spacial score (nSPS) is 19.2. The second kappa shape index (κ2) is 23.1. The highest BCUT2D eigenvalue weighted by Crippen LogP contribution is 2.29. The van der Waals surface area contributed by atoms with Crippen molar-refractivity contribution in [1.82, 2.24) is 39.5 Å². The van der Waals surface area contributed by atoms with Crippen LogP contribution < -0.4 is 11.5 Å². The van der Waals surface area contributed by atoms with Crippen LogP contribution in [0.3, 0.4) is 0 Å². The highest BCUT2D eigenvalue weighted by Gasteiger charge is 2.34. The number of carbonyl (C=O) groups excluding carboxylic acids is 2. The van der Waals surface area contributed by atoms with Gasteiger partial charge in [-0.1, -0.05) is 22.4 Å². The summed E-state index contributed by atoms with van der Waals surface area (Å²) in [5, 5.41) is 8.52. The molecule has 4 aliphatic rings. The summed E-state index contributed by atoms with van der Waals surface area (Å²) in [5.74, 6) is 2.46. The number of hydrogen-bond donors (Lipinski definition) is 2. The Labute approximate surface area is 377 Å². The molecule has 2 amide bonds. The predicted octanol–water partition coefficient (Wildman–Crippen LogP) is 5.12. The van der Waals surface area contributed by atoms with E-state index in [2.05, 4.69) is 40.0 Å². The van der Waals surface area contributed by atoms with Crippen molar-refractivity contribution >= 4 is 34.9 Å². The third-order valence-electron chi connectivity index (χ3n) is 13.0. The van der Waals surface area contributed by atoms with Gasteiger partial charge in [-0.2, -0.15) is 0 Å². The van der Waals surface area contributed by atoms with Crippen LogP contribution in [0.5, 0.6) is 0 Å². The molecule has 4 aromatic rings. The van der Waals surface area contributed by atoms with Gasteiger partial charge in [-0.05, 0) is 137 Å². The average Bonchev–Trinajstić information content (AvgIpc) is 3.33. The molecule has 0 radical (unpaired) electrons. The maximum atomic E-state index is 13.2. The van der Waals surface area contributed by atoms with Crippen LogP contribution >= 0.6 is 0 Å². The van der Waals surface area contributed by atoms with Gasteiger partial charge in [0.15, 0.2) is 0 Å². The number of carbonyl (C=O) groups is 2. The lowest BCUT2D eigenvalue weighted by Crippen LogP contribution is -2.46. The molecule has 0 atom stereocenters. The molecule has 0 saturated carbocycles. The Kier molecular flexibility index (Phi) is 16.6.